The molecule has 3 aromatic carbocycles. The van der Waals surface area contributed by atoms with Crippen molar-refractivity contribution in [1.82, 2.24) is 0 Å². The molecule has 0 unspecified atom stereocenters. The Morgan fingerprint density at radius 2 is 1.63 bits per heavy atom. The van der Waals surface area contributed by atoms with Gasteiger partial charge >= 0.3 is 11.9 Å². The summed E-state index contributed by atoms with van der Waals surface area (Å²) in [6, 6.07) is 17.7. The second-order valence-corrected chi connectivity index (χ2v) is 6.58. The van der Waals surface area contributed by atoms with Gasteiger partial charge in [0.05, 0.1) is 23.4 Å². The van der Waals surface area contributed by atoms with Gasteiger partial charge in [-0.05, 0) is 79.2 Å². The van der Waals surface area contributed by atoms with Crippen LogP contribution in [-0.4, -0.2) is 29.9 Å². The molecule has 0 amide bonds. The van der Waals surface area contributed by atoms with Crippen LogP contribution in [0.3, 0.4) is 0 Å². The number of halogens is 1. The number of hydrogen-bond acceptors (Lipinski definition) is 5. The minimum Gasteiger partial charge on any atom is -0.490 e. The Morgan fingerprint density at radius 3 is 2.27 bits per heavy atom. The van der Waals surface area contributed by atoms with Crippen molar-refractivity contribution in [3.05, 3.63) is 88.4 Å². The Hall–Kier alpha value is -3.64. The lowest BCUT2D eigenvalue weighted by Crippen LogP contribution is -2.09. The molecule has 0 saturated heterocycles. The normalized spacial score (nSPS) is 10.7. The van der Waals surface area contributed by atoms with Gasteiger partial charge in [-0.1, -0.05) is 11.6 Å². The van der Waals surface area contributed by atoms with Gasteiger partial charge in [0.1, 0.15) is 0 Å². The fraction of sp³-hybridized carbons (Fsp3) is 0.0870. The molecular formula is C23H18ClNO5. The minimum atomic E-state index is -0.990. The van der Waals surface area contributed by atoms with Crippen molar-refractivity contribution >= 4 is 35.4 Å². The van der Waals surface area contributed by atoms with Gasteiger partial charge in [0.2, 0.25) is 0 Å². The highest BCUT2D eigenvalue weighted by atomic mass is 35.5. The maximum absolute atomic E-state index is 12.4. The topological polar surface area (TPSA) is 85.2 Å². The van der Waals surface area contributed by atoms with Gasteiger partial charge < -0.3 is 14.6 Å². The van der Waals surface area contributed by atoms with Crippen molar-refractivity contribution in [3.63, 3.8) is 0 Å². The molecule has 0 aliphatic rings. The van der Waals surface area contributed by atoms with Crippen LogP contribution < -0.4 is 9.47 Å². The first-order chi connectivity index (χ1) is 14.5. The van der Waals surface area contributed by atoms with E-state index in [4.69, 9.17) is 26.2 Å². The van der Waals surface area contributed by atoms with Crippen LogP contribution in [0.1, 0.15) is 33.2 Å². The first-order valence-electron chi connectivity index (χ1n) is 9.08. The fourth-order valence-corrected chi connectivity index (χ4v) is 2.67. The third kappa shape index (κ3) is 5.46. The highest BCUT2D eigenvalue weighted by molar-refractivity contribution is 6.30. The number of ether oxygens (including phenoxy) is 2. The SMILES string of the molecule is CCOc1cc(C=Nc2ccc(C(=O)O)cc2)ccc1OC(=O)c1ccc(Cl)cc1. The Bertz CT molecular complexity index is 1080. The van der Waals surface area contributed by atoms with E-state index in [1.807, 2.05) is 6.92 Å². The maximum Gasteiger partial charge on any atom is 0.343 e. The van der Waals surface area contributed by atoms with Crippen molar-refractivity contribution in [3.8, 4) is 11.5 Å². The molecule has 0 radical (unpaired) electrons. The summed E-state index contributed by atoms with van der Waals surface area (Å²) in [5, 5.41) is 9.47. The molecule has 0 fully saturated rings. The number of aromatic carboxylic acids is 1. The van der Waals surface area contributed by atoms with E-state index in [9.17, 15) is 9.59 Å². The summed E-state index contributed by atoms with van der Waals surface area (Å²) in [7, 11) is 0. The molecule has 3 rings (SSSR count). The number of carboxylic acids is 1. The summed E-state index contributed by atoms with van der Waals surface area (Å²) >= 11 is 5.85. The van der Waals surface area contributed by atoms with Crippen LogP contribution in [0, 0.1) is 0 Å². The standard InChI is InChI=1S/C23H18ClNO5/c1-2-29-21-13-15(14-25-19-10-6-16(7-11-19)22(26)27)3-12-20(21)30-23(28)17-4-8-18(24)9-5-17/h3-14H,2H2,1H3,(H,26,27). The Kier molecular flexibility index (Phi) is 6.83. The summed E-state index contributed by atoms with van der Waals surface area (Å²) in [6.45, 7) is 2.22. The Labute approximate surface area is 178 Å². The number of carbonyl (C=O) groups is 2. The van der Waals surface area contributed by atoms with Gasteiger partial charge in [-0.2, -0.15) is 0 Å². The number of nitrogens with zero attached hydrogens (tertiary/aromatic N) is 1. The quantitative estimate of drug-likeness (QED) is 0.312. The Morgan fingerprint density at radius 1 is 0.967 bits per heavy atom. The second kappa shape index (κ2) is 9.71. The maximum atomic E-state index is 12.4. The zero-order chi connectivity index (χ0) is 21.5. The van der Waals surface area contributed by atoms with E-state index >= 15 is 0 Å². The van der Waals surface area contributed by atoms with Gasteiger partial charge in [-0.25, -0.2) is 9.59 Å². The van der Waals surface area contributed by atoms with Crippen LogP contribution in [0.15, 0.2) is 71.7 Å². The van der Waals surface area contributed by atoms with E-state index in [-0.39, 0.29) is 5.56 Å². The number of esters is 1. The summed E-state index contributed by atoms with van der Waals surface area (Å²) in [5.41, 5.74) is 1.90. The van der Waals surface area contributed by atoms with E-state index in [0.29, 0.717) is 34.4 Å². The predicted molar refractivity (Wildman–Crippen MR) is 115 cm³/mol. The summed E-state index contributed by atoms with van der Waals surface area (Å²) in [6.07, 6.45) is 1.61. The third-order valence-corrected chi connectivity index (χ3v) is 4.28. The van der Waals surface area contributed by atoms with Crippen molar-refractivity contribution in [2.75, 3.05) is 6.61 Å². The molecule has 0 atom stereocenters. The summed E-state index contributed by atoms with van der Waals surface area (Å²) in [5.74, 6) is -0.812. The first-order valence-corrected chi connectivity index (χ1v) is 9.46. The van der Waals surface area contributed by atoms with Crippen LogP contribution in [-0.2, 0) is 0 Å². The number of carbonyl (C=O) groups excluding carboxylic acids is 1. The van der Waals surface area contributed by atoms with Gasteiger partial charge in [0, 0.05) is 11.2 Å². The second-order valence-electron chi connectivity index (χ2n) is 6.15. The number of carboxylic acid groups (broad SMARTS) is 1. The van der Waals surface area contributed by atoms with E-state index in [0.717, 1.165) is 5.56 Å². The molecule has 3 aromatic rings. The number of hydrogen-bond donors (Lipinski definition) is 1. The van der Waals surface area contributed by atoms with Crippen molar-refractivity contribution < 1.29 is 24.2 Å². The average molecular weight is 424 g/mol. The molecule has 0 saturated carbocycles. The lowest BCUT2D eigenvalue weighted by atomic mass is 10.2. The molecular weight excluding hydrogens is 406 g/mol. The molecule has 7 heteroatoms. The Balaban J connectivity index is 1.77. The molecule has 0 bridgehead atoms. The van der Waals surface area contributed by atoms with Crippen molar-refractivity contribution in [2.24, 2.45) is 4.99 Å². The molecule has 0 spiro atoms. The number of aliphatic imine (C=N–C) groups is 1. The highest BCUT2D eigenvalue weighted by Crippen LogP contribution is 2.29. The van der Waals surface area contributed by atoms with Crippen LogP contribution in [0.2, 0.25) is 5.02 Å². The van der Waals surface area contributed by atoms with E-state index in [1.165, 1.54) is 12.1 Å². The van der Waals surface area contributed by atoms with Crippen molar-refractivity contribution in [1.29, 1.82) is 0 Å². The smallest absolute Gasteiger partial charge is 0.343 e. The van der Waals surface area contributed by atoms with E-state index in [2.05, 4.69) is 4.99 Å². The van der Waals surface area contributed by atoms with Crippen LogP contribution in [0.4, 0.5) is 5.69 Å². The van der Waals surface area contributed by atoms with Gasteiger partial charge in [0.15, 0.2) is 11.5 Å². The number of rotatable bonds is 7. The minimum absolute atomic E-state index is 0.194. The van der Waals surface area contributed by atoms with Gasteiger partial charge in [-0.15, -0.1) is 0 Å². The number of benzene rings is 3. The highest BCUT2D eigenvalue weighted by Gasteiger charge is 2.13. The zero-order valence-electron chi connectivity index (χ0n) is 16.0. The average Bonchev–Trinajstić information content (AvgIpc) is 2.74. The zero-order valence-corrected chi connectivity index (χ0v) is 16.8. The van der Waals surface area contributed by atoms with E-state index < -0.39 is 11.9 Å². The van der Waals surface area contributed by atoms with Crippen molar-refractivity contribution in [2.45, 2.75) is 6.92 Å². The van der Waals surface area contributed by atoms with Crippen LogP contribution in [0.5, 0.6) is 11.5 Å². The molecule has 0 aromatic heterocycles. The molecule has 0 heterocycles. The molecule has 30 heavy (non-hydrogen) atoms. The van der Waals surface area contributed by atoms with Gasteiger partial charge in [0.25, 0.3) is 0 Å². The lowest BCUT2D eigenvalue weighted by molar-refractivity contribution is 0.0694. The van der Waals surface area contributed by atoms with Crippen LogP contribution >= 0.6 is 11.6 Å². The largest absolute Gasteiger partial charge is 0.490 e. The van der Waals surface area contributed by atoms with E-state index in [1.54, 1.807) is 60.8 Å². The lowest BCUT2D eigenvalue weighted by Gasteiger charge is -2.11. The first kappa shape index (κ1) is 21.1. The molecule has 0 aliphatic carbocycles. The molecule has 6 nitrogen and oxygen atoms in total. The van der Waals surface area contributed by atoms with Gasteiger partial charge in [-0.3, -0.25) is 4.99 Å². The predicted octanol–water partition coefficient (Wildman–Crippen LogP) is 5.41. The molecule has 152 valence electrons. The molecule has 0 aliphatic heterocycles. The molecule has 1 N–H and O–H groups in total. The third-order valence-electron chi connectivity index (χ3n) is 4.03. The summed E-state index contributed by atoms with van der Waals surface area (Å²) in [4.78, 5) is 27.6. The van der Waals surface area contributed by atoms with Crippen LogP contribution in [0.25, 0.3) is 0 Å². The monoisotopic (exact) mass is 423 g/mol. The fourth-order valence-electron chi connectivity index (χ4n) is 2.54. The summed E-state index contributed by atoms with van der Waals surface area (Å²) < 4.78 is 11.1.